The molecule has 0 aromatic heterocycles. The monoisotopic (exact) mass is 108 g/mol. The summed E-state index contributed by atoms with van der Waals surface area (Å²) in [4.78, 5) is 0. The first-order valence-corrected chi connectivity index (χ1v) is 3.49. The van der Waals surface area contributed by atoms with Crippen molar-refractivity contribution in [2.24, 2.45) is 23.7 Å². The molecule has 44 valence electrons. The van der Waals surface area contributed by atoms with Gasteiger partial charge in [0.2, 0.25) is 0 Å². The van der Waals surface area contributed by atoms with Gasteiger partial charge in [0.25, 0.3) is 0 Å². The Morgan fingerprint density at radius 1 is 0.875 bits per heavy atom. The third-order valence-electron chi connectivity index (χ3n) is 3.04. The summed E-state index contributed by atoms with van der Waals surface area (Å²) in [5, 5.41) is 0. The fraction of sp³-hybridized carbons (Fsp3) is 0.750. The second kappa shape index (κ2) is 1.18. The fourth-order valence-electron chi connectivity index (χ4n) is 1.97. The van der Waals surface area contributed by atoms with E-state index < -0.39 is 0 Å². The highest BCUT2D eigenvalue weighted by molar-refractivity contribution is 5.19. The highest BCUT2D eigenvalue weighted by Gasteiger charge is 2.46. The number of hydrogen-bond acceptors (Lipinski definition) is 0. The molecule has 0 aromatic carbocycles. The lowest BCUT2D eigenvalue weighted by molar-refractivity contribution is 0.0493. The number of allylic oxidation sites excluding steroid dienone is 2. The van der Waals surface area contributed by atoms with E-state index in [2.05, 4.69) is 26.0 Å². The molecule has 0 N–H and O–H groups in total. The van der Waals surface area contributed by atoms with Crippen LogP contribution in [0, 0.1) is 23.7 Å². The number of hydrogen-bond donors (Lipinski definition) is 0. The van der Waals surface area contributed by atoms with Crippen molar-refractivity contribution in [1.82, 2.24) is 0 Å². The molecule has 1 saturated carbocycles. The summed E-state index contributed by atoms with van der Waals surface area (Å²) in [7, 11) is 0. The van der Waals surface area contributed by atoms with Crippen LogP contribution in [0.2, 0.25) is 0 Å². The molecule has 0 saturated heterocycles. The fourth-order valence-corrected chi connectivity index (χ4v) is 1.97. The van der Waals surface area contributed by atoms with Crippen LogP contribution in [0.25, 0.3) is 0 Å². The standard InChI is InChI=1S/C8H12/c1-5-6(2)8-4-3-7(5)8/h3-8H,1-2H3. The van der Waals surface area contributed by atoms with E-state index in [1.54, 1.807) is 0 Å². The van der Waals surface area contributed by atoms with Gasteiger partial charge in [-0.15, -0.1) is 0 Å². The highest BCUT2D eigenvalue weighted by Crippen LogP contribution is 2.52. The predicted octanol–water partition coefficient (Wildman–Crippen LogP) is 2.07. The van der Waals surface area contributed by atoms with E-state index in [-0.39, 0.29) is 0 Å². The zero-order chi connectivity index (χ0) is 5.72. The Morgan fingerprint density at radius 2 is 1.25 bits per heavy atom. The Hall–Kier alpha value is -0.260. The van der Waals surface area contributed by atoms with E-state index in [1.807, 2.05) is 0 Å². The van der Waals surface area contributed by atoms with Gasteiger partial charge in [-0.05, 0) is 23.7 Å². The Labute approximate surface area is 50.6 Å². The minimum Gasteiger partial charge on any atom is -0.0842 e. The highest BCUT2D eigenvalue weighted by atomic mass is 14.5. The maximum Gasteiger partial charge on any atom is -0.0139 e. The molecule has 0 heterocycles. The van der Waals surface area contributed by atoms with E-state index in [4.69, 9.17) is 0 Å². The van der Waals surface area contributed by atoms with Crippen molar-refractivity contribution < 1.29 is 0 Å². The topological polar surface area (TPSA) is 0 Å². The molecular formula is C8H12. The Kier molecular flexibility index (Phi) is 0.677. The largest absolute Gasteiger partial charge is 0.0842 e. The van der Waals surface area contributed by atoms with Crippen molar-refractivity contribution in [2.45, 2.75) is 13.8 Å². The summed E-state index contributed by atoms with van der Waals surface area (Å²) in [5.41, 5.74) is 0. The molecule has 2 rings (SSSR count). The molecule has 4 unspecified atom stereocenters. The first-order chi connectivity index (χ1) is 3.80. The molecule has 2 aliphatic rings. The normalized spacial score (nSPS) is 58.8. The predicted molar refractivity (Wildman–Crippen MR) is 34.4 cm³/mol. The van der Waals surface area contributed by atoms with Crippen molar-refractivity contribution in [1.29, 1.82) is 0 Å². The average molecular weight is 108 g/mol. The van der Waals surface area contributed by atoms with Gasteiger partial charge >= 0.3 is 0 Å². The van der Waals surface area contributed by atoms with Gasteiger partial charge in [0.15, 0.2) is 0 Å². The zero-order valence-corrected chi connectivity index (χ0v) is 5.46. The van der Waals surface area contributed by atoms with Crippen LogP contribution >= 0.6 is 0 Å². The lowest BCUT2D eigenvalue weighted by atomic mass is 9.53. The Balaban J connectivity index is 2.15. The first-order valence-electron chi connectivity index (χ1n) is 3.49. The van der Waals surface area contributed by atoms with Crippen LogP contribution in [0.5, 0.6) is 0 Å². The second-order valence-corrected chi connectivity index (χ2v) is 3.26. The molecule has 8 heavy (non-hydrogen) atoms. The molecule has 1 fully saturated rings. The molecule has 0 heteroatoms. The maximum atomic E-state index is 2.36. The molecule has 0 radical (unpaired) electrons. The van der Waals surface area contributed by atoms with Crippen LogP contribution in [0.1, 0.15) is 13.8 Å². The van der Waals surface area contributed by atoms with Crippen LogP contribution < -0.4 is 0 Å². The maximum absolute atomic E-state index is 2.36. The van der Waals surface area contributed by atoms with Gasteiger partial charge in [-0.2, -0.15) is 0 Å². The summed E-state index contributed by atoms with van der Waals surface area (Å²) < 4.78 is 0. The van der Waals surface area contributed by atoms with Gasteiger partial charge in [0.1, 0.15) is 0 Å². The molecule has 0 amide bonds. The van der Waals surface area contributed by atoms with E-state index in [0.717, 1.165) is 23.7 Å². The smallest absolute Gasteiger partial charge is 0.0139 e. The summed E-state index contributed by atoms with van der Waals surface area (Å²) in [6, 6.07) is 0. The lowest BCUT2D eigenvalue weighted by Gasteiger charge is -2.52. The Bertz CT molecular complexity index is 119. The van der Waals surface area contributed by atoms with Gasteiger partial charge in [-0.3, -0.25) is 0 Å². The first kappa shape index (κ1) is 4.60. The van der Waals surface area contributed by atoms with Crippen molar-refractivity contribution in [2.75, 3.05) is 0 Å². The SMILES string of the molecule is CC1C(C)C2C=CC12. The van der Waals surface area contributed by atoms with Crippen molar-refractivity contribution in [3.8, 4) is 0 Å². The molecule has 2 aliphatic carbocycles. The molecule has 0 nitrogen and oxygen atoms in total. The van der Waals surface area contributed by atoms with Gasteiger partial charge in [-0.1, -0.05) is 26.0 Å². The molecule has 0 spiro atoms. The summed E-state index contributed by atoms with van der Waals surface area (Å²) >= 11 is 0. The van der Waals surface area contributed by atoms with E-state index in [0.29, 0.717) is 0 Å². The van der Waals surface area contributed by atoms with Crippen LogP contribution in [-0.4, -0.2) is 0 Å². The molecule has 0 aromatic rings. The summed E-state index contributed by atoms with van der Waals surface area (Å²) in [6.07, 6.45) is 4.71. The third-order valence-corrected chi connectivity index (χ3v) is 3.04. The minimum atomic E-state index is 0.977. The summed E-state index contributed by atoms with van der Waals surface area (Å²) in [6.45, 7) is 4.71. The van der Waals surface area contributed by atoms with E-state index in [9.17, 15) is 0 Å². The van der Waals surface area contributed by atoms with E-state index >= 15 is 0 Å². The third kappa shape index (κ3) is 0.300. The molecular weight excluding hydrogens is 96.1 g/mol. The van der Waals surface area contributed by atoms with Crippen LogP contribution in [0.4, 0.5) is 0 Å². The molecule has 0 bridgehead atoms. The minimum absolute atomic E-state index is 0.977. The van der Waals surface area contributed by atoms with Crippen molar-refractivity contribution >= 4 is 0 Å². The van der Waals surface area contributed by atoms with Crippen molar-refractivity contribution in [3.05, 3.63) is 12.2 Å². The van der Waals surface area contributed by atoms with Crippen molar-refractivity contribution in [3.63, 3.8) is 0 Å². The Morgan fingerprint density at radius 3 is 1.38 bits per heavy atom. The molecule has 4 atom stereocenters. The number of fused-ring (bicyclic) bond motifs is 1. The second-order valence-electron chi connectivity index (χ2n) is 3.26. The van der Waals surface area contributed by atoms with Gasteiger partial charge in [0.05, 0.1) is 0 Å². The van der Waals surface area contributed by atoms with Crippen LogP contribution in [-0.2, 0) is 0 Å². The number of rotatable bonds is 0. The zero-order valence-electron chi connectivity index (χ0n) is 5.46. The average Bonchev–Trinajstić information content (AvgIpc) is 1.64. The quantitative estimate of drug-likeness (QED) is 0.417. The molecule has 0 aliphatic heterocycles. The van der Waals surface area contributed by atoms with Gasteiger partial charge in [0, 0.05) is 0 Å². The summed E-state index contributed by atoms with van der Waals surface area (Å²) in [5.74, 6) is 3.91. The van der Waals surface area contributed by atoms with Crippen LogP contribution in [0.15, 0.2) is 12.2 Å². The van der Waals surface area contributed by atoms with Crippen LogP contribution in [0.3, 0.4) is 0 Å². The van der Waals surface area contributed by atoms with E-state index in [1.165, 1.54) is 0 Å². The van der Waals surface area contributed by atoms with Gasteiger partial charge < -0.3 is 0 Å². The van der Waals surface area contributed by atoms with Gasteiger partial charge in [-0.25, -0.2) is 0 Å². The lowest BCUT2D eigenvalue weighted by Crippen LogP contribution is -2.46.